The van der Waals surface area contributed by atoms with Crippen LogP contribution < -0.4 is 20.1 Å². The number of nitrogens with one attached hydrogen (secondary N) is 2. The molecular weight excluding hydrogens is 400 g/mol. The standard InChI is InChI=1S/C24H32N2O3.ClH/c1-28-23-16-20(17-25-15-14-19-8-4-2-5-9-19)12-13-22(23)29-18-24(27)26-21-10-6-3-7-11-21;/h2,4-5,8-9,12-13,16,21,25H,3,6-7,10-11,14-15,17-18H2,1H3,(H,26,27);1H. The van der Waals surface area contributed by atoms with Crippen molar-refractivity contribution in [2.45, 2.75) is 51.1 Å². The van der Waals surface area contributed by atoms with Crippen molar-refractivity contribution in [2.75, 3.05) is 20.3 Å². The number of methoxy groups -OCH3 is 1. The summed E-state index contributed by atoms with van der Waals surface area (Å²) in [5, 5.41) is 6.53. The first-order valence-electron chi connectivity index (χ1n) is 10.6. The molecule has 1 saturated carbocycles. The Hall–Kier alpha value is -2.24. The van der Waals surface area contributed by atoms with Crippen LogP contribution in [-0.2, 0) is 17.8 Å². The molecule has 1 fully saturated rings. The molecule has 0 spiro atoms. The normalized spacial score (nSPS) is 13.9. The molecule has 1 aliphatic carbocycles. The Bertz CT molecular complexity index is 764. The van der Waals surface area contributed by atoms with Crippen LogP contribution in [0.25, 0.3) is 0 Å². The topological polar surface area (TPSA) is 59.6 Å². The van der Waals surface area contributed by atoms with E-state index in [0.717, 1.165) is 37.9 Å². The van der Waals surface area contributed by atoms with Crippen LogP contribution in [0.4, 0.5) is 0 Å². The molecule has 0 bridgehead atoms. The lowest BCUT2D eigenvalue weighted by molar-refractivity contribution is -0.124. The molecule has 1 aliphatic rings. The summed E-state index contributed by atoms with van der Waals surface area (Å²) in [6.45, 7) is 1.68. The molecule has 2 N–H and O–H groups in total. The predicted molar refractivity (Wildman–Crippen MR) is 123 cm³/mol. The Labute approximate surface area is 186 Å². The van der Waals surface area contributed by atoms with Crippen LogP contribution in [-0.4, -0.2) is 32.2 Å². The van der Waals surface area contributed by atoms with E-state index in [1.807, 2.05) is 24.3 Å². The summed E-state index contributed by atoms with van der Waals surface area (Å²) in [5.74, 6) is 1.18. The summed E-state index contributed by atoms with van der Waals surface area (Å²) in [6, 6.07) is 16.6. The molecule has 3 rings (SSSR count). The van der Waals surface area contributed by atoms with Crippen LogP contribution in [0.5, 0.6) is 11.5 Å². The third-order valence-electron chi connectivity index (χ3n) is 5.32. The van der Waals surface area contributed by atoms with Crippen molar-refractivity contribution in [1.29, 1.82) is 0 Å². The van der Waals surface area contributed by atoms with Crippen LogP contribution >= 0.6 is 12.4 Å². The van der Waals surface area contributed by atoms with Gasteiger partial charge in [0.05, 0.1) is 7.11 Å². The molecule has 30 heavy (non-hydrogen) atoms. The fraction of sp³-hybridized carbons (Fsp3) is 0.458. The molecule has 0 heterocycles. The Morgan fingerprint density at radius 1 is 1.00 bits per heavy atom. The Morgan fingerprint density at radius 2 is 1.77 bits per heavy atom. The van der Waals surface area contributed by atoms with Crippen molar-refractivity contribution in [1.82, 2.24) is 10.6 Å². The number of ether oxygens (including phenoxy) is 2. The van der Waals surface area contributed by atoms with Crippen molar-refractivity contribution in [2.24, 2.45) is 0 Å². The Kier molecular flexibility index (Phi) is 10.5. The van der Waals surface area contributed by atoms with Crippen LogP contribution in [0.1, 0.15) is 43.2 Å². The summed E-state index contributed by atoms with van der Waals surface area (Å²) in [5.41, 5.74) is 2.45. The molecule has 2 aromatic carbocycles. The lowest BCUT2D eigenvalue weighted by Crippen LogP contribution is -2.39. The first kappa shape index (κ1) is 24.0. The molecule has 0 unspecified atom stereocenters. The zero-order valence-corrected chi connectivity index (χ0v) is 18.5. The first-order valence-corrected chi connectivity index (χ1v) is 10.6. The van der Waals surface area contributed by atoms with Gasteiger partial charge in [0.15, 0.2) is 18.1 Å². The second-order valence-electron chi connectivity index (χ2n) is 7.59. The van der Waals surface area contributed by atoms with Gasteiger partial charge >= 0.3 is 0 Å². The van der Waals surface area contributed by atoms with Gasteiger partial charge in [0.2, 0.25) is 0 Å². The number of benzene rings is 2. The molecule has 0 aromatic heterocycles. The van der Waals surface area contributed by atoms with Gasteiger partial charge in [0.1, 0.15) is 0 Å². The maximum atomic E-state index is 12.2. The molecule has 2 aromatic rings. The summed E-state index contributed by atoms with van der Waals surface area (Å²) in [6.07, 6.45) is 6.80. The molecule has 1 amide bonds. The monoisotopic (exact) mass is 432 g/mol. The second kappa shape index (κ2) is 13.1. The quantitative estimate of drug-likeness (QED) is 0.550. The largest absolute Gasteiger partial charge is 0.493 e. The maximum absolute atomic E-state index is 12.2. The highest BCUT2D eigenvalue weighted by Crippen LogP contribution is 2.28. The van der Waals surface area contributed by atoms with Gasteiger partial charge in [0.25, 0.3) is 5.91 Å². The number of hydrogen-bond acceptors (Lipinski definition) is 4. The van der Waals surface area contributed by atoms with E-state index in [2.05, 4.69) is 34.9 Å². The van der Waals surface area contributed by atoms with Gasteiger partial charge in [-0.15, -0.1) is 12.4 Å². The molecule has 0 saturated heterocycles. The smallest absolute Gasteiger partial charge is 0.258 e. The second-order valence-corrected chi connectivity index (χ2v) is 7.59. The van der Waals surface area contributed by atoms with Gasteiger partial charge in [-0.3, -0.25) is 4.79 Å². The van der Waals surface area contributed by atoms with Gasteiger partial charge in [-0.1, -0.05) is 55.7 Å². The Morgan fingerprint density at radius 3 is 2.50 bits per heavy atom. The number of carbonyl (C=O) groups excluding carboxylic acids is 1. The van der Waals surface area contributed by atoms with E-state index in [1.165, 1.54) is 24.8 Å². The third-order valence-corrected chi connectivity index (χ3v) is 5.32. The minimum absolute atomic E-state index is 0. The molecule has 164 valence electrons. The maximum Gasteiger partial charge on any atom is 0.258 e. The van der Waals surface area contributed by atoms with Gasteiger partial charge < -0.3 is 20.1 Å². The zero-order valence-electron chi connectivity index (χ0n) is 17.7. The first-order chi connectivity index (χ1) is 14.2. The average molecular weight is 433 g/mol. The summed E-state index contributed by atoms with van der Waals surface area (Å²) in [7, 11) is 1.62. The predicted octanol–water partition coefficient (Wildman–Crippen LogP) is 4.28. The van der Waals surface area contributed by atoms with E-state index in [1.54, 1.807) is 7.11 Å². The fourth-order valence-corrected chi connectivity index (χ4v) is 3.71. The summed E-state index contributed by atoms with van der Waals surface area (Å²) < 4.78 is 11.2. The molecule has 5 nitrogen and oxygen atoms in total. The van der Waals surface area contributed by atoms with Crippen molar-refractivity contribution < 1.29 is 14.3 Å². The number of rotatable bonds is 10. The van der Waals surface area contributed by atoms with Crippen LogP contribution in [0.15, 0.2) is 48.5 Å². The van der Waals surface area contributed by atoms with E-state index < -0.39 is 0 Å². The number of hydrogen-bond donors (Lipinski definition) is 2. The minimum Gasteiger partial charge on any atom is -0.493 e. The molecule has 0 radical (unpaired) electrons. The van der Waals surface area contributed by atoms with Gasteiger partial charge in [-0.2, -0.15) is 0 Å². The van der Waals surface area contributed by atoms with Crippen LogP contribution in [0.3, 0.4) is 0 Å². The van der Waals surface area contributed by atoms with Gasteiger partial charge in [-0.05, 0) is 49.1 Å². The highest BCUT2D eigenvalue weighted by atomic mass is 35.5. The van der Waals surface area contributed by atoms with E-state index in [-0.39, 0.29) is 24.9 Å². The minimum atomic E-state index is -0.0643. The van der Waals surface area contributed by atoms with E-state index in [9.17, 15) is 4.79 Å². The zero-order chi connectivity index (χ0) is 20.3. The summed E-state index contributed by atoms with van der Waals surface area (Å²) in [4.78, 5) is 12.2. The molecule has 6 heteroatoms. The van der Waals surface area contributed by atoms with E-state index in [0.29, 0.717) is 17.5 Å². The number of carbonyl (C=O) groups is 1. The van der Waals surface area contributed by atoms with Crippen molar-refractivity contribution in [3.8, 4) is 11.5 Å². The highest BCUT2D eigenvalue weighted by molar-refractivity contribution is 5.85. The molecule has 0 aliphatic heterocycles. The Balaban J connectivity index is 0.00000320. The lowest BCUT2D eigenvalue weighted by atomic mass is 9.95. The van der Waals surface area contributed by atoms with Crippen molar-refractivity contribution >= 4 is 18.3 Å². The van der Waals surface area contributed by atoms with Gasteiger partial charge in [0, 0.05) is 12.6 Å². The van der Waals surface area contributed by atoms with Crippen LogP contribution in [0, 0.1) is 0 Å². The highest BCUT2D eigenvalue weighted by Gasteiger charge is 2.16. The van der Waals surface area contributed by atoms with Crippen LogP contribution in [0.2, 0.25) is 0 Å². The SMILES string of the molecule is COc1cc(CNCCc2ccccc2)ccc1OCC(=O)NC1CCCCC1.Cl. The molecular formula is C24H33ClN2O3. The third kappa shape index (κ3) is 7.88. The lowest BCUT2D eigenvalue weighted by Gasteiger charge is -2.22. The number of amides is 1. The van der Waals surface area contributed by atoms with Gasteiger partial charge in [-0.25, -0.2) is 0 Å². The van der Waals surface area contributed by atoms with Crippen molar-refractivity contribution in [3.05, 3.63) is 59.7 Å². The van der Waals surface area contributed by atoms with E-state index >= 15 is 0 Å². The number of halogens is 1. The average Bonchev–Trinajstić information content (AvgIpc) is 2.77. The fourth-order valence-electron chi connectivity index (χ4n) is 3.71. The van der Waals surface area contributed by atoms with E-state index in [4.69, 9.17) is 9.47 Å². The van der Waals surface area contributed by atoms with Crippen molar-refractivity contribution in [3.63, 3.8) is 0 Å². The summed E-state index contributed by atoms with van der Waals surface area (Å²) >= 11 is 0. The molecule has 0 atom stereocenters.